The van der Waals surface area contributed by atoms with Gasteiger partial charge in [0.2, 0.25) is 5.95 Å². The zero-order chi connectivity index (χ0) is 37.3. The molecule has 0 fully saturated rings. The highest BCUT2D eigenvalue weighted by molar-refractivity contribution is 6.83. The highest BCUT2D eigenvalue weighted by atomic mass is 16.5. The maximum atomic E-state index is 6.81. The zero-order valence-electron chi connectivity index (χ0n) is 32.3. The van der Waals surface area contributed by atoms with E-state index in [-0.39, 0.29) is 23.1 Å². The molecule has 0 aliphatic carbocycles. The van der Waals surface area contributed by atoms with Gasteiger partial charge in [0.05, 0.1) is 22.4 Å². The van der Waals surface area contributed by atoms with Crippen LogP contribution in [0.25, 0.3) is 44.6 Å². The number of allylic oxidation sites excluding steroid dienone is 1. The number of para-hydroxylation sites is 1. The van der Waals surface area contributed by atoms with E-state index in [1.807, 2.05) is 6.20 Å². The quantitative estimate of drug-likeness (QED) is 0.171. The standard InChI is InChI=1S/C47H44BN5O/c1-29-18-21-36-42-40(29)48-24-22-33(28-51(48)44-50-41(30-14-10-9-11-15-30)43(53(42)44)47(7,8)46(36,5)6)54-32-19-20-35-34-16-12-13-17-37(34)52(38(35)27-32)39-26-31(23-25-49-39)45(2,3)4/h9-28H,1-8H3. The van der Waals surface area contributed by atoms with Gasteiger partial charge in [-0.05, 0) is 65.3 Å². The minimum absolute atomic E-state index is 0.000634. The van der Waals surface area contributed by atoms with Crippen LogP contribution in [-0.4, -0.2) is 25.9 Å². The van der Waals surface area contributed by atoms with Crippen LogP contribution in [-0.2, 0) is 16.2 Å². The van der Waals surface area contributed by atoms with Crippen molar-refractivity contribution < 1.29 is 4.74 Å². The second kappa shape index (κ2) is 11.1. The van der Waals surface area contributed by atoms with Gasteiger partial charge in [0.1, 0.15) is 17.3 Å². The number of aromatic nitrogens is 4. The number of fused-ring (bicyclic) bond motifs is 6. The summed E-state index contributed by atoms with van der Waals surface area (Å²) in [7, 11) is 0. The lowest BCUT2D eigenvalue weighted by Crippen LogP contribution is -2.57. The van der Waals surface area contributed by atoms with E-state index in [4.69, 9.17) is 14.7 Å². The Balaban J connectivity index is 1.12. The van der Waals surface area contributed by atoms with Gasteiger partial charge in [-0.15, -0.1) is 0 Å². The lowest BCUT2D eigenvalue weighted by Gasteiger charge is -2.50. The van der Waals surface area contributed by atoms with Gasteiger partial charge in [-0.25, -0.2) is 9.97 Å². The Morgan fingerprint density at radius 1 is 0.759 bits per heavy atom. The van der Waals surface area contributed by atoms with Crippen LogP contribution in [0, 0.1) is 6.92 Å². The molecule has 3 aliphatic heterocycles. The molecule has 266 valence electrons. The molecular formula is C47H44BN5O. The number of imidazole rings is 1. The van der Waals surface area contributed by atoms with E-state index in [1.165, 1.54) is 38.9 Å². The third-order valence-electron chi connectivity index (χ3n) is 12.7. The number of ether oxygens (including phenoxy) is 1. The molecule has 6 heterocycles. The van der Waals surface area contributed by atoms with E-state index in [0.29, 0.717) is 0 Å². The van der Waals surface area contributed by atoms with Crippen LogP contribution in [0.3, 0.4) is 0 Å². The van der Waals surface area contributed by atoms with Gasteiger partial charge in [-0.1, -0.05) is 121 Å². The Bertz CT molecular complexity index is 2760. The van der Waals surface area contributed by atoms with Gasteiger partial charge in [0.25, 0.3) is 0 Å². The smallest absolute Gasteiger partial charge is 0.325 e. The third kappa shape index (κ3) is 4.47. The molecule has 0 radical (unpaired) electrons. The summed E-state index contributed by atoms with van der Waals surface area (Å²) in [5.74, 6) is 5.62. The number of aryl methyl sites for hydroxylation is 1. The summed E-state index contributed by atoms with van der Waals surface area (Å²) in [6, 6.07) is 34.6. The number of hydrogen-bond acceptors (Lipinski definition) is 4. The predicted molar refractivity (Wildman–Crippen MR) is 223 cm³/mol. The number of nitrogens with zero attached hydrogens (tertiary/aromatic N) is 5. The maximum absolute atomic E-state index is 6.81. The molecule has 0 N–H and O–H groups in total. The molecule has 7 heteroatoms. The minimum Gasteiger partial charge on any atom is -0.456 e. The Labute approximate surface area is 317 Å². The fraction of sp³-hybridized carbons (Fsp3) is 0.234. The van der Waals surface area contributed by atoms with Gasteiger partial charge in [0, 0.05) is 51.3 Å². The van der Waals surface area contributed by atoms with Gasteiger partial charge in [-0.3, -0.25) is 9.13 Å². The Hall–Kier alpha value is -5.82. The molecule has 3 aromatic heterocycles. The molecule has 0 unspecified atom stereocenters. The molecule has 0 bridgehead atoms. The summed E-state index contributed by atoms with van der Waals surface area (Å²) in [5.41, 5.74) is 11.7. The molecule has 4 aromatic carbocycles. The average molecular weight is 706 g/mol. The first-order chi connectivity index (χ1) is 25.8. The Kier molecular flexibility index (Phi) is 6.75. The molecule has 54 heavy (non-hydrogen) atoms. The van der Waals surface area contributed by atoms with E-state index in [0.717, 1.165) is 51.0 Å². The van der Waals surface area contributed by atoms with Crippen molar-refractivity contribution in [2.45, 2.75) is 71.6 Å². The van der Waals surface area contributed by atoms with Crippen molar-refractivity contribution in [3.05, 3.63) is 150 Å². The SMILES string of the molecule is Cc1ccc2c3c1B1C=CC(Oc4ccc5c6ccccc6n(-c6cc(C(C)(C)C)ccn6)c5c4)=CN1c1nc(-c4ccccc4)c(n1-3)C(C)(C)C2(C)C. The first-order valence-electron chi connectivity index (χ1n) is 19.0. The van der Waals surface area contributed by atoms with Gasteiger partial charge in [-0.2, -0.15) is 0 Å². The second-order valence-electron chi connectivity index (χ2n) is 17.3. The van der Waals surface area contributed by atoms with Crippen molar-refractivity contribution in [3.8, 4) is 28.5 Å². The van der Waals surface area contributed by atoms with Gasteiger partial charge >= 0.3 is 6.85 Å². The molecule has 3 aliphatic rings. The Morgan fingerprint density at radius 3 is 2.31 bits per heavy atom. The van der Waals surface area contributed by atoms with E-state index < -0.39 is 0 Å². The molecule has 7 aromatic rings. The van der Waals surface area contributed by atoms with Crippen molar-refractivity contribution in [1.82, 2.24) is 19.1 Å². The zero-order valence-corrected chi connectivity index (χ0v) is 32.3. The highest BCUT2D eigenvalue weighted by Crippen LogP contribution is 2.55. The number of benzene rings is 4. The van der Waals surface area contributed by atoms with E-state index in [1.54, 1.807) is 0 Å². The summed E-state index contributed by atoms with van der Waals surface area (Å²) in [6.45, 7) is 18.5. The summed E-state index contributed by atoms with van der Waals surface area (Å²) in [6.07, 6.45) is 6.20. The van der Waals surface area contributed by atoms with Crippen molar-refractivity contribution in [2.24, 2.45) is 0 Å². The number of anilines is 1. The first kappa shape index (κ1) is 32.8. The molecular weight excluding hydrogens is 661 g/mol. The molecule has 0 amide bonds. The topological polar surface area (TPSA) is 48.1 Å². The van der Waals surface area contributed by atoms with E-state index in [2.05, 4.69) is 185 Å². The van der Waals surface area contributed by atoms with Crippen LogP contribution in [0.15, 0.2) is 127 Å². The maximum Gasteiger partial charge on any atom is 0.325 e. The molecule has 0 saturated carbocycles. The van der Waals surface area contributed by atoms with Crippen molar-refractivity contribution in [3.63, 3.8) is 0 Å². The summed E-state index contributed by atoms with van der Waals surface area (Å²) >= 11 is 0. The van der Waals surface area contributed by atoms with Crippen LogP contribution < -0.4 is 15.0 Å². The first-order valence-corrected chi connectivity index (χ1v) is 19.0. The number of rotatable bonds is 4. The van der Waals surface area contributed by atoms with Crippen molar-refractivity contribution >= 4 is 40.1 Å². The van der Waals surface area contributed by atoms with Crippen molar-refractivity contribution in [2.75, 3.05) is 4.81 Å². The molecule has 0 saturated heterocycles. The minimum atomic E-state index is -0.209. The second-order valence-corrected chi connectivity index (χ2v) is 17.3. The fourth-order valence-corrected chi connectivity index (χ4v) is 9.05. The van der Waals surface area contributed by atoms with Gasteiger partial charge in [0.15, 0.2) is 0 Å². The molecule has 0 spiro atoms. The normalized spacial score (nSPS) is 16.4. The lowest BCUT2D eigenvalue weighted by atomic mass is 9.48. The highest BCUT2D eigenvalue weighted by Gasteiger charge is 2.53. The number of hydrogen-bond donors (Lipinski definition) is 0. The molecule has 10 rings (SSSR count). The van der Waals surface area contributed by atoms with Crippen LogP contribution in [0.2, 0.25) is 0 Å². The van der Waals surface area contributed by atoms with E-state index in [9.17, 15) is 0 Å². The summed E-state index contributed by atoms with van der Waals surface area (Å²) < 4.78 is 11.5. The summed E-state index contributed by atoms with van der Waals surface area (Å²) in [4.78, 5) is 12.7. The lowest BCUT2D eigenvalue weighted by molar-refractivity contribution is 0.280. The third-order valence-corrected chi connectivity index (χ3v) is 12.7. The molecule has 6 nitrogen and oxygen atoms in total. The average Bonchev–Trinajstić information content (AvgIpc) is 3.72. The summed E-state index contributed by atoms with van der Waals surface area (Å²) in [5, 5.41) is 2.35. The predicted octanol–water partition coefficient (Wildman–Crippen LogP) is 10.3. The van der Waals surface area contributed by atoms with Gasteiger partial charge < -0.3 is 9.55 Å². The van der Waals surface area contributed by atoms with Crippen LogP contribution >= 0.6 is 0 Å². The van der Waals surface area contributed by atoms with E-state index >= 15 is 0 Å². The fourth-order valence-electron chi connectivity index (χ4n) is 9.05. The van der Waals surface area contributed by atoms with Crippen LogP contribution in [0.5, 0.6) is 5.75 Å². The van der Waals surface area contributed by atoms with Crippen LogP contribution in [0.4, 0.5) is 5.95 Å². The largest absolute Gasteiger partial charge is 0.456 e. The number of pyridine rings is 1. The van der Waals surface area contributed by atoms with Crippen LogP contribution in [0.1, 0.15) is 70.9 Å². The molecule has 0 atom stereocenters. The Morgan fingerprint density at radius 2 is 1.52 bits per heavy atom. The monoisotopic (exact) mass is 705 g/mol. The van der Waals surface area contributed by atoms with Crippen molar-refractivity contribution in [1.29, 1.82) is 0 Å².